The van der Waals surface area contributed by atoms with Crippen LogP contribution in [0.1, 0.15) is 26.3 Å². The first-order chi connectivity index (χ1) is 21.2. The van der Waals surface area contributed by atoms with Crippen LogP contribution in [0, 0.1) is 17.0 Å². The summed E-state index contributed by atoms with van der Waals surface area (Å²) < 4.78 is 55.4. The molecule has 0 fully saturated rings. The van der Waals surface area contributed by atoms with Crippen molar-refractivity contribution >= 4 is 43.6 Å². The average Bonchev–Trinajstić information content (AvgIpc) is 3.59. The van der Waals surface area contributed by atoms with Gasteiger partial charge in [0.05, 0.1) is 29.4 Å². The number of anilines is 1. The Hall–Kier alpha value is -5.08. The van der Waals surface area contributed by atoms with Gasteiger partial charge < -0.3 is 10.3 Å². The van der Waals surface area contributed by atoms with Gasteiger partial charge in [0.15, 0.2) is 11.6 Å². The van der Waals surface area contributed by atoms with Gasteiger partial charge in [-0.3, -0.25) is 19.9 Å². The van der Waals surface area contributed by atoms with Crippen LogP contribution in [0.2, 0.25) is 0 Å². The number of pyridine rings is 2. The van der Waals surface area contributed by atoms with Crippen molar-refractivity contribution in [3.8, 4) is 33.9 Å². The molecule has 0 atom stereocenters. The van der Waals surface area contributed by atoms with Gasteiger partial charge in [0.2, 0.25) is 15.9 Å². The third kappa shape index (κ3) is 6.28. The summed E-state index contributed by atoms with van der Waals surface area (Å²) in [5.74, 6) is -0.967. The van der Waals surface area contributed by atoms with Crippen LogP contribution < -0.4 is 10.0 Å². The third-order valence-electron chi connectivity index (χ3n) is 7.03. The predicted octanol–water partition coefficient (Wildman–Crippen LogP) is 5.54. The smallest absolute Gasteiger partial charge is 0.229 e. The van der Waals surface area contributed by atoms with Crippen LogP contribution in [0.15, 0.2) is 61.1 Å². The largest absolute Gasteiger partial charge is 0.337 e. The molecule has 0 bridgehead atoms. The third-order valence-corrected chi connectivity index (χ3v) is 7.70. The Morgan fingerprint density at radius 1 is 0.978 bits per heavy atom. The highest BCUT2D eigenvalue weighted by Crippen LogP contribution is 2.34. The van der Waals surface area contributed by atoms with Gasteiger partial charge in [-0.25, -0.2) is 26.9 Å². The first kappa shape index (κ1) is 30.0. The van der Waals surface area contributed by atoms with Crippen LogP contribution in [-0.4, -0.2) is 50.7 Å². The molecule has 4 heterocycles. The molecule has 0 radical (unpaired) electrons. The number of nitrogens with one attached hydrogen (secondary N) is 4. The number of nitrogens with zero attached hydrogens (tertiary/aromatic N) is 4. The number of halogens is 2. The number of aromatic nitrogens is 6. The molecule has 14 heteroatoms. The fourth-order valence-electron chi connectivity index (χ4n) is 4.78. The molecular weight excluding hydrogens is 602 g/mol. The van der Waals surface area contributed by atoms with Crippen molar-refractivity contribution in [2.45, 2.75) is 27.3 Å². The van der Waals surface area contributed by atoms with Gasteiger partial charge in [-0.15, -0.1) is 0 Å². The molecule has 230 valence electrons. The number of amides is 1. The second-order valence-corrected chi connectivity index (χ2v) is 13.5. The first-order valence-electron chi connectivity index (χ1n) is 13.8. The lowest BCUT2D eigenvalue weighted by Crippen LogP contribution is -2.27. The van der Waals surface area contributed by atoms with Crippen LogP contribution >= 0.6 is 0 Å². The number of benzene rings is 2. The SMILES string of the molecule is CC(C)(C)C(=O)Nc1cncc(-c2cc(F)c3n[nH]c(-c4nc5c(-c6cc(F)cc(CNS(C)(=O)=O)c6)nccc5[nH]4)c3c2)c1. The number of rotatable bonds is 7. The van der Waals surface area contributed by atoms with Gasteiger partial charge in [-0.1, -0.05) is 20.8 Å². The number of imidazole rings is 1. The first-order valence-corrected chi connectivity index (χ1v) is 15.7. The molecule has 0 aliphatic carbocycles. The average molecular weight is 631 g/mol. The number of fused-ring (bicyclic) bond motifs is 2. The maximum atomic E-state index is 15.3. The number of H-pyrrole nitrogens is 2. The number of sulfonamides is 1. The summed E-state index contributed by atoms with van der Waals surface area (Å²) in [5.41, 5.74) is 3.65. The van der Waals surface area contributed by atoms with Crippen LogP contribution in [0.3, 0.4) is 0 Å². The van der Waals surface area contributed by atoms with Crippen molar-refractivity contribution in [1.82, 2.24) is 34.9 Å². The summed E-state index contributed by atoms with van der Waals surface area (Å²) in [6, 6.07) is 10.7. The second kappa shape index (κ2) is 11.1. The molecule has 0 aliphatic rings. The molecule has 0 saturated carbocycles. The molecule has 6 aromatic rings. The maximum Gasteiger partial charge on any atom is 0.229 e. The minimum atomic E-state index is -3.49. The van der Waals surface area contributed by atoms with Gasteiger partial charge >= 0.3 is 0 Å². The van der Waals surface area contributed by atoms with E-state index in [1.165, 1.54) is 24.4 Å². The predicted molar refractivity (Wildman–Crippen MR) is 167 cm³/mol. The van der Waals surface area contributed by atoms with E-state index in [-0.39, 0.29) is 18.0 Å². The second-order valence-electron chi connectivity index (χ2n) is 11.7. The molecular formula is C31H28F2N8O3S. The topological polar surface area (TPSA) is 158 Å². The van der Waals surface area contributed by atoms with E-state index in [1.54, 1.807) is 57.4 Å². The number of hydrogen-bond acceptors (Lipinski definition) is 7. The number of carbonyl (C=O) groups is 1. The van der Waals surface area contributed by atoms with Crippen LogP contribution in [0.5, 0.6) is 0 Å². The lowest BCUT2D eigenvalue weighted by Gasteiger charge is -2.17. The van der Waals surface area contributed by atoms with E-state index in [9.17, 15) is 17.6 Å². The Balaban J connectivity index is 1.40. The van der Waals surface area contributed by atoms with Crippen molar-refractivity contribution in [3.05, 3.63) is 78.3 Å². The van der Waals surface area contributed by atoms with Gasteiger partial charge in [-0.05, 0) is 53.6 Å². The van der Waals surface area contributed by atoms with Crippen molar-refractivity contribution < 1.29 is 22.0 Å². The Labute approximate surface area is 256 Å². The minimum absolute atomic E-state index is 0.0964. The van der Waals surface area contributed by atoms with Crippen molar-refractivity contribution in [2.24, 2.45) is 5.41 Å². The van der Waals surface area contributed by atoms with Crippen molar-refractivity contribution in [1.29, 1.82) is 0 Å². The summed E-state index contributed by atoms with van der Waals surface area (Å²) in [6.45, 7) is 5.31. The zero-order chi connectivity index (χ0) is 32.1. The van der Waals surface area contributed by atoms with E-state index in [0.717, 1.165) is 6.26 Å². The normalized spacial score (nSPS) is 12.2. The van der Waals surface area contributed by atoms with Crippen LogP contribution in [0.4, 0.5) is 14.5 Å². The molecule has 0 saturated heterocycles. The van der Waals surface area contributed by atoms with E-state index in [0.29, 0.717) is 61.6 Å². The van der Waals surface area contributed by atoms with E-state index >= 15 is 4.39 Å². The molecule has 0 aliphatic heterocycles. The van der Waals surface area contributed by atoms with Gasteiger partial charge in [-0.2, -0.15) is 5.10 Å². The van der Waals surface area contributed by atoms with Crippen molar-refractivity contribution in [3.63, 3.8) is 0 Å². The molecule has 4 N–H and O–H groups in total. The van der Waals surface area contributed by atoms with Crippen LogP contribution in [0.25, 0.3) is 55.8 Å². The zero-order valence-electron chi connectivity index (χ0n) is 24.7. The monoisotopic (exact) mass is 630 g/mol. The molecule has 2 aromatic carbocycles. The van der Waals surface area contributed by atoms with E-state index in [2.05, 4.69) is 35.2 Å². The van der Waals surface area contributed by atoms with Gasteiger partial charge in [0, 0.05) is 40.9 Å². The molecule has 45 heavy (non-hydrogen) atoms. The Morgan fingerprint density at radius 2 is 1.78 bits per heavy atom. The lowest BCUT2D eigenvalue weighted by atomic mass is 9.95. The molecule has 6 rings (SSSR count). The fraction of sp³-hybridized carbons (Fsp3) is 0.194. The van der Waals surface area contributed by atoms with E-state index in [4.69, 9.17) is 4.98 Å². The summed E-state index contributed by atoms with van der Waals surface area (Å²) in [6.07, 6.45) is 5.66. The summed E-state index contributed by atoms with van der Waals surface area (Å²) in [5, 5.41) is 10.3. The summed E-state index contributed by atoms with van der Waals surface area (Å²) >= 11 is 0. The highest BCUT2D eigenvalue weighted by molar-refractivity contribution is 7.88. The number of hydrogen-bond donors (Lipinski definition) is 4. The molecule has 0 unspecified atom stereocenters. The van der Waals surface area contributed by atoms with Crippen molar-refractivity contribution in [2.75, 3.05) is 11.6 Å². The standard InChI is InChI=1S/C31H28F2N8O3S/c1-31(2,3)30(42)37-21-10-19(14-34-15-21)17-11-22-26(23(33)12-17)40-41-27(22)29-38-24-5-6-35-25(28(24)39-29)18-7-16(8-20(32)9-18)13-36-45(4,43)44/h5-12,14-15,36H,13H2,1-4H3,(H,37,42)(H,38,39)(H,40,41). The highest BCUT2D eigenvalue weighted by Gasteiger charge is 2.22. The van der Waals surface area contributed by atoms with Gasteiger partial charge in [0.1, 0.15) is 22.5 Å². The molecule has 11 nitrogen and oxygen atoms in total. The summed E-state index contributed by atoms with van der Waals surface area (Å²) in [7, 11) is -3.49. The van der Waals surface area contributed by atoms with E-state index in [1.807, 2.05) is 0 Å². The minimum Gasteiger partial charge on any atom is -0.337 e. The highest BCUT2D eigenvalue weighted by atomic mass is 32.2. The molecule has 4 aromatic heterocycles. The molecule has 1 amide bonds. The van der Waals surface area contributed by atoms with Gasteiger partial charge in [0.25, 0.3) is 0 Å². The number of carbonyl (C=O) groups excluding carboxylic acids is 1. The molecule has 0 spiro atoms. The fourth-order valence-corrected chi connectivity index (χ4v) is 5.20. The quantitative estimate of drug-likeness (QED) is 0.180. The Morgan fingerprint density at radius 3 is 2.53 bits per heavy atom. The zero-order valence-corrected chi connectivity index (χ0v) is 25.5. The van der Waals surface area contributed by atoms with Crippen LogP contribution in [-0.2, 0) is 21.4 Å². The number of aromatic amines is 2. The Bertz CT molecular complexity index is 2220. The van der Waals surface area contributed by atoms with E-state index < -0.39 is 27.1 Å². The maximum absolute atomic E-state index is 15.3. The lowest BCUT2D eigenvalue weighted by molar-refractivity contribution is -0.123. The Kier molecular flexibility index (Phi) is 7.41. The summed E-state index contributed by atoms with van der Waals surface area (Å²) in [4.78, 5) is 29.1.